The molecule has 2 heterocycles. The summed E-state index contributed by atoms with van der Waals surface area (Å²) in [6.07, 6.45) is 1.41. The van der Waals surface area contributed by atoms with Crippen LogP contribution in [0.15, 0.2) is 54.0 Å². The third-order valence-electron chi connectivity index (χ3n) is 4.65. The van der Waals surface area contributed by atoms with Crippen LogP contribution in [0.25, 0.3) is 10.1 Å². The van der Waals surface area contributed by atoms with Gasteiger partial charge in [0.2, 0.25) is 0 Å². The normalized spacial score (nSPS) is 10.6. The average molecular weight is 506 g/mol. The van der Waals surface area contributed by atoms with Gasteiger partial charge in [-0.1, -0.05) is 25.1 Å². The molecule has 0 fully saturated rings. The van der Waals surface area contributed by atoms with Crippen molar-refractivity contribution in [2.24, 2.45) is 0 Å². The van der Waals surface area contributed by atoms with Crippen molar-refractivity contribution >= 4 is 39.0 Å². The van der Waals surface area contributed by atoms with E-state index in [9.17, 15) is 13.6 Å². The van der Waals surface area contributed by atoms with Crippen LogP contribution in [0.1, 0.15) is 35.8 Å². The molecular formula is C25H22ClF2NO4S. The number of hydrogen-bond acceptors (Lipinski definition) is 6. The van der Waals surface area contributed by atoms with Gasteiger partial charge in [-0.15, -0.1) is 11.3 Å². The minimum absolute atomic E-state index is 0. The maximum Gasteiger partial charge on any atom is 0.341 e. The van der Waals surface area contributed by atoms with Crippen molar-refractivity contribution in [2.45, 2.75) is 27.6 Å². The smallest absolute Gasteiger partial charge is 0.341 e. The highest BCUT2D eigenvalue weighted by molar-refractivity contribution is 7.17. The Bertz CT molecular complexity index is 1290. The number of carbonyl (C=O) groups is 1. The monoisotopic (exact) mass is 505 g/mol. The van der Waals surface area contributed by atoms with E-state index in [0.29, 0.717) is 32.7 Å². The fourth-order valence-electron chi connectivity index (χ4n) is 3.20. The summed E-state index contributed by atoms with van der Waals surface area (Å²) in [6, 6.07) is 10.1. The predicted molar refractivity (Wildman–Crippen MR) is 129 cm³/mol. The lowest BCUT2D eigenvalue weighted by Crippen LogP contribution is -2.05. The van der Waals surface area contributed by atoms with Gasteiger partial charge in [0, 0.05) is 29.3 Å². The Balaban J connectivity index is 0.00000324. The number of hydrogen-bond donors (Lipinski definition) is 0. The van der Waals surface area contributed by atoms with Crippen LogP contribution in [0.4, 0.5) is 8.78 Å². The fraction of sp³-hybridized carbons (Fsp3) is 0.200. The number of carbonyl (C=O) groups excluding carboxylic acids is 1. The van der Waals surface area contributed by atoms with Gasteiger partial charge in [0.05, 0.1) is 16.9 Å². The van der Waals surface area contributed by atoms with Crippen molar-refractivity contribution in [1.82, 2.24) is 4.98 Å². The highest BCUT2D eigenvalue weighted by atomic mass is 35.5. The molecule has 5 nitrogen and oxygen atoms in total. The molecule has 0 amide bonds. The molecule has 0 saturated heterocycles. The molecule has 9 heteroatoms. The van der Waals surface area contributed by atoms with Gasteiger partial charge in [-0.3, -0.25) is 0 Å². The highest BCUT2D eigenvalue weighted by Gasteiger charge is 2.18. The molecule has 0 radical (unpaired) electrons. The lowest BCUT2D eigenvalue weighted by Gasteiger charge is -2.10. The maximum absolute atomic E-state index is 13.3. The molecule has 0 unspecified atom stereocenters. The molecule has 0 spiro atoms. The number of rotatable bonds is 8. The third kappa shape index (κ3) is 5.81. The molecule has 0 saturated carbocycles. The Morgan fingerprint density at radius 1 is 1.06 bits per heavy atom. The molecule has 0 bridgehead atoms. The van der Waals surface area contributed by atoms with Crippen LogP contribution in [0.3, 0.4) is 0 Å². The first-order valence-electron chi connectivity index (χ1n) is 9.97. The molecule has 2 aromatic carbocycles. The van der Waals surface area contributed by atoms with Crippen LogP contribution < -0.4 is 9.47 Å². The van der Waals surface area contributed by atoms with Gasteiger partial charge in [0.25, 0.3) is 0 Å². The fourth-order valence-corrected chi connectivity index (χ4v) is 4.57. The molecule has 4 rings (SSSR count). The van der Waals surface area contributed by atoms with E-state index in [2.05, 4.69) is 4.98 Å². The van der Waals surface area contributed by atoms with Crippen LogP contribution in [0, 0.1) is 11.6 Å². The molecule has 0 aliphatic rings. The maximum atomic E-state index is 13.3. The van der Waals surface area contributed by atoms with Crippen LogP contribution in [0.2, 0.25) is 5.15 Å². The molecule has 0 aliphatic heterocycles. The number of halogens is 3. The quantitative estimate of drug-likeness (QED) is 0.187. The van der Waals surface area contributed by atoms with Crippen LogP contribution in [-0.2, 0) is 18.0 Å². The summed E-state index contributed by atoms with van der Waals surface area (Å²) in [5.74, 6) is -0.760. The number of aromatic nitrogens is 1. The number of benzene rings is 2. The Hall–Kier alpha value is -3.23. The molecule has 2 aromatic heterocycles. The van der Waals surface area contributed by atoms with Gasteiger partial charge in [0.15, 0.2) is 0 Å². The van der Waals surface area contributed by atoms with Gasteiger partial charge in [-0.05, 0) is 42.1 Å². The predicted octanol–water partition coefficient (Wildman–Crippen LogP) is 7.20. The Labute approximate surface area is 204 Å². The van der Waals surface area contributed by atoms with E-state index >= 15 is 0 Å². The number of ether oxygens (including phenoxy) is 3. The first kappa shape index (κ1) is 25.4. The highest BCUT2D eigenvalue weighted by Crippen LogP contribution is 2.34. The molecule has 0 atom stereocenters. The Kier molecular flexibility index (Phi) is 8.41. The first-order valence-corrected chi connectivity index (χ1v) is 11.2. The van der Waals surface area contributed by atoms with E-state index in [4.69, 9.17) is 25.8 Å². The molecule has 0 N–H and O–H groups in total. The van der Waals surface area contributed by atoms with Crippen LogP contribution in [0.5, 0.6) is 11.5 Å². The molecule has 4 aromatic rings. The lowest BCUT2D eigenvalue weighted by molar-refractivity contribution is 0.0528. The zero-order valence-corrected chi connectivity index (χ0v) is 19.0. The SMILES string of the molecule is C.CCOC(=O)c1cnc(Cl)c2c(COc3cccc(OCc4cc(F)cc(F)c4)c3)csc12. The second-order valence-corrected chi connectivity index (χ2v) is 8.22. The molecular weight excluding hydrogens is 484 g/mol. The van der Waals surface area contributed by atoms with Crippen molar-refractivity contribution in [3.05, 3.63) is 87.5 Å². The minimum Gasteiger partial charge on any atom is -0.489 e. The van der Waals surface area contributed by atoms with Crippen molar-refractivity contribution in [3.8, 4) is 11.5 Å². The summed E-state index contributed by atoms with van der Waals surface area (Å²) in [7, 11) is 0. The topological polar surface area (TPSA) is 57.7 Å². The largest absolute Gasteiger partial charge is 0.489 e. The van der Waals surface area contributed by atoms with E-state index in [1.807, 2.05) is 5.38 Å². The van der Waals surface area contributed by atoms with E-state index < -0.39 is 17.6 Å². The van der Waals surface area contributed by atoms with Crippen molar-refractivity contribution in [2.75, 3.05) is 6.61 Å². The third-order valence-corrected chi connectivity index (χ3v) is 6.00. The molecule has 0 aliphatic carbocycles. The van der Waals surface area contributed by atoms with Gasteiger partial charge < -0.3 is 14.2 Å². The summed E-state index contributed by atoms with van der Waals surface area (Å²) in [5.41, 5.74) is 1.51. The van der Waals surface area contributed by atoms with Crippen molar-refractivity contribution < 1.29 is 27.8 Å². The van der Waals surface area contributed by atoms with E-state index in [1.54, 1.807) is 31.2 Å². The van der Waals surface area contributed by atoms with E-state index in [-0.39, 0.29) is 32.4 Å². The molecule has 178 valence electrons. The van der Waals surface area contributed by atoms with Crippen molar-refractivity contribution in [3.63, 3.8) is 0 Å². The number of thiophene rings is 1. The van der Waals surface area contributed by atoms with Gasteiger partial charge in [-0.2, -0.15) is 0 Å². The zero-order valence-electron chi connectivity index (χ0n) is 17.4. The summed E-state index contributed by atoms with van der Waals surface area (Å²) in [6.45, 7) is 2.19. The van der Waals surface area contributed by atoms with Crippen molar-refractivity contribution in [1.29, 1.82) is 0 Å². The standard InChI is InChI=1S/C24H18ClF2NO4S.CH4/c1-2-30-24(29)20-10-28-23(25)21-15(13-33-22(20)21)12-32-19-5-3-4-18(9-19)31-11-14-6-16(26)8-17(27)7-14;/h3-10,13H,2,11-12H2,1H3;1H4. The number of esters is 1. The Morgan fingerprint density at radius 3 is 2.41 bits per heavy atom. The van der Waals surface area contributed by atoms with Gasteiger partial charge >= 0.3 is 5.97 Å². The lowest BCUT2D eigenvalue weighted by atomic mass is 10.2. The summed E-state index contributed by atoms with van der Waals surface area (Å²) < 4.78 is 44.0. The second kappa shape index (κ2) is 11.3. The zero-order chi connectivity index (χ0) is 23.4. The van der Waals surface area contributed by atoms with E-state index in [0.717, 1.165) is 11.6 Å². The van der Waals surface area contributed by atoms with Gasteiger partial charge in [-0.25, -0.2) is 18.6 Å². The number of pyridine rings is 1. The number of nitrogens with zero attached hydrogens (tertiary/aromatic N) is 1. The average Bonchev–Trinajstić information content (AvgIpc) is 3.21. The summed E-state index contributed by atoms with van der Waals surface area (Å²) in [5, 5.41) is 2.78. The summed E-state index contributed by atoms with van der Waals surface area (Å²) >= 11 is 7.66. The van der Waals surface area contributed by atoms with E-state index in [1.165, 1.54) is 29.7 Å². The van der Waals surface area contributed by atoms with Crippen LogP contribution >= 0.6 is 22.9 Å². The summed E-state index contributed by atoms with van der Waals surface area (Å²) in [4.78, 5) is 16.3. The number of fused-ring (bicyclic) bond motifs is 1. The first-order chi connectivity index (χ1) is 15.9. The van der Waals surface area contributed by atoms with Gasteiger partial charge in [0.1, 0.15) is 41.5 Å². The van der Waals surface area contributed by atoms with Crippen LogP contribution in [-0.4, -0.2) is 17.6 Å². The Morgan fingerprint density at radius 2 is 1.74 bits per heavy atom. The minimum atomic E-state index is -0.659. The second-order valence-electron chi connectivity index (χ2n) is 6.98. The molecule has 34 heavy (non-hydrogen) atoms.